The molecule has 0 saturated carbocycles. The molecule has 2 bridgehead atoms. The van der Waals surface area contributed by atoms with E-state index < -0.39 is 35.8 Å². The Morgan fingerprint density at radius 3 is 2.47 bits per heavy atom. The van der Waals surface area contributed by atoms with E-state index in [9.17, 15) is 24.0 Å². The summed E-state index contributed by atoms with van der Waals surface area (Å²) in [5.41, 5.74) is 1.88. The van der Waals surface area contributed by atoms with E-state index in [0.717, 1.165) is 11.1 Å². The Morgan fingerprint density at radius 2 is 1.76 bits per heavy atom. The van der Waals surface area contributed by atoms with Crippen molar-refractivity contribution in [1.82, 2.24) is 36.6 Å². The molecule has 262 valence electrons. The minimum absolute atomic E-state index is 0.138. The molecule has 3 aromatic rings. The van der Waals surface area contributed by atoms with Crippen molar-refractivity contribution in [3.63, 3.8) is 0 Å². The highest BCUT2D eigenvalue weighted by Crippen LogP contribution is 2.28. The summed E-state index contributed by atoms with van der Waals surface area (Å²) < 4.78 is 11.2. The van der Waals surface area contributed by atoms with Gasteiger partial charge in [-0.3, -0.25) is 24.0 Å². The standard InChI is InChI=1S/C35H45N7O7/c1-22(2)31-35(47)38-16-7-11-24-13-14-28(48-3)29(18-24)49-20-30(43)37-15-8-12-25(40-34(46)27-19-36-21-39-27)32(44)41-26(33(45)42-31)17-23-9-5-4-6-10-23/h4-6,9-10,13-14,18-19,21-22,25-26,31H,7-8,11-12,15-17,20H2,1-3H3,(H,36,39)(H,37,43)(H,38,47)(H,40,46)(H,41,44)(H,42,45)/t25-,26-,31+/m0/s1. The second-order valence-corrected chi connectivity index (χ2v) is 12.1. The number of fused-ring (bicyclic) bond motifs is 2. The van der Waals surface area contributed by atoms with E-state index in [1.54, 1.807) is 12.1 Å². The van der Waals surface area contributed by atoms with Gasteiger partial charge in [0.15, 0.2) is 18.1 Å². The second kappa shape index (κ2) is 18.2. The second-order valence-electron chi connectivity index (χ2n) is 12.1. The summed E-state index contributed by atoms with van der Waals surface area (Å²) in [6.45, 7) is 3.95. The Morgan fingerprint density at radius 1 is 0.980 bits per heavy atom. The fourth-order valence-electron chi connectivity index (χ4n) is 5.34. The number of rotatable bonds is 6. The van der Waals surface area contributed by atoms with E-state index in [2.05, 4.69) is 36.6 Å². The summed E-state index contributed by atoms with van der Waals surface area (Å²) in [5, 5.41) is 14.1. The summed E-state index contributed by atoms with van der Waals surface area (Å²) in [7, 11) is 1.51. The van der Waals surface area contributed by atoms with Gasteiger partial charge in [0.2, 0.25) is 17.7 Å². The van der Waals surface area contributed by atoms with Crippen LogP contribution in [0, 0.1) is 5.92 Å². The van der Waals surface area contributed by atoms with Crippen LogP contribution in [0.25, 0.3) is 0 Å². The number of aromatic nitrogens is 2. The van der Waals surface area contributed by atoms with Crippen molar-refractivity contribution in [2.75, 3.05) is 26.8 Å². The SMILES string of the molecule is COc1ccc2cc1OCC(=O)NCCC[C@H](NC(=O)c1cnc[nH]1)C(=O)N[C@@H](Cc1ccccc1)C(=O)N[C@H](C(C)C)C(=O)NCCC2. The molecule has 4 rings (SSSR count). The lowest BCUT2D eigenvalue weighted by atomic mass is 10.00. The van der Waals surface area contributed by atoms with Gasteiger partial charge < -0.3 is 41.0 Å². The predicted octanol–water partition coefficient (Wildman–Crippen LogP) is 1.42. The van der Waals surface area contributed by atoms with Crippen LogP contribution < -0.4 is 36.1 Å². The quantitative estimate of drug-likeness (QED) is 0.226. The van der Waals surface area contributed by atoms with Gasteiger partial charge in [-0.2, -0.15) is 0 Å². The van der Waals surface area contributed by atoms with Crippen molar-refractivity contribution in [3.8, 4) is 11.5 Å². The Bertz CT molecular complexity index is 1560. The number of methoxy groups -OCH3 is 1. The van der Waals surface area contributed by atoms with Crippen LogP contribution in [0.4, 0.5) is 0 Å². The topological polar surface area (TPSA) is 193 Å². The maximum absolute atomic E-state index is 13.8. The minimum Gasteiger partial charge on any atom is -0.493 e. The summed E-state index contributed by atoms with van der Waals surface area (Å²) in [5.74, 6) is -1.78. The van der Waals surface area contributed by atoms with E-state index in [1.807, 2.05) is 50.2 Å². The van der Waals surface area contributed by atoms with Gasteiger partial charge in [-0.25, -0.2) is 4.98 Å². The number of nitrogens with one attached hydrogen (secondary N) is 6. The summed E-state index contributed by atoms with van der Waals surface area (Å²) in [6.07, 6.45) is 4.50. The zero-order valence-corrected chi connectivity index (χ0v) is 28.0. The van der Waals surface area contributed by atoms with E-state index in [1.165, 1.54) is 19.6 Å². The number of amides is 5. The van der Waals surface area contributed by atoms with E-state index in [-0.39, 0.29) is 49.4 Å². The van der Waals surface area contributed by atoms with Crippen LogP contribution >= 0.6 is 0 Å². The monoisotopic (exact) mass is 675 g/mol. The van der Waals surface area contributed by atoms with Gasteiger partial charge in [0.05, 0.1) is 19.6 Å². The Kier molecular flexibility index (Phi) is 13.6. The lowest BCUT2D eigenvalue weighted by Crippen LogP contribution is -2.58. The largest absolute Gasteiger partial charge is 0.493 e. The zero-order chi connectivity index (χ0) is 35.2. The molecule has 14 heteroatoms. The van der Waals surface area contributed by atoms with Crippen LogP contribution in [-0.4, -0.2) is 84.4 Å². The molecule has 3 atom stereocenters. The molecule has 49 heavy (non-hydrogen) atoms. The molecule has 0 radical (unpaired) electrons. The normalized spacial score (nSPS) is 20.3. The van der Waals surface area contributed by atoms with Crippen molar-refractivity contribution < 1.29 is 33.4 Å². The number of carbonyl (C=O) groups excluding carboxylic acids is 5. The molecule has 0 fully saturated rings. The van der Waals surface area contributed by atoms with Gasteiger partial charge in [-0.1, -0.05) is 50.2 Å². The molecule has 14 nitrogen and oxygen atoms in total. The number of carbonyl (C=O) groups is 5. The van der Waals surface area contributed by atoms with Crippen molar-refractivity contribution in [2.24, 2.45) is 5.92 Å². The zero-order valence-electron chi connectivity index (χ0n) is 28.0. The summed E-state index contributed by atoms with van der Waals surface area (Å²) >= 11 is 0. The maximum atomic E-state index is 13.8. The maximum Gasteiger partial charge on any atom is 0.269 e. The Hall–Kier alpha value is -5.40. The van der Waals surface area contributed by atoms with Crippen LogP contribution in [0.3, 0.4) is 0 Å². The van der Waals surface area contributed by atoms with Gasteiger partial charge in [-0.05, 0) is 54.9 Å². The average Bonchev–Trinajstić information content (AvgIpc) is 3.64. The third kappa shape index (κ3) is 11.1. The molecule has 0 saturated heterocycles. The number of imidazole rings is 1. The summed E-state index contributed by atoms with van der Waals surface area (Å²) in [4.78, 5) is 73.1. The number of hydrogen-bond acceptors (Lipinski definition) is 8. The minimum atomic E-state index is -1.07. The third-order valence-corrected chi connectivity index (χ3v) is 8.05. The molecular formula is C35H45N7O7. The molecule has 1 aliphatic rings. The molecular weight excluding hydrogens is 630 g/mol. The number of nitrogens with zero attached hydrogens (tertiary/aromatic N) is 1. The van der Waals surface area contributed by atoms with Crippen molar-refractivity contribution >= 4 is 29.5 Å². The van der Waals surface area contributed by atoms with Crippen LogP contribution in [-0.2, 0) is 32.0 Å². The molecule has 6 N–H and O–H groups in total. The number of ether oxygens (including phenoxy) is 2. The first-order valence-electron chi connectivity index (χ1n) is 16.4. The first-order valence-corrected chi connectivity index (χ1v) is 16.4. The van der Waals surface area contributed by atoms with Crippen LogP contribution in [0.15, 0.2) is 61.1 Å². The molecule has 1 aliphatic heterocycles. The highest BCUT2D eigenvalue weighted by Gasteiger charge is 2.31. The smallest absolute Gasteiger partial charge is 0.269 e. The van der Waals surface area contributed by atoms with E-state index in [4.69, 9.17) is 9.47 Å². The highest BCUT2D eigenvalue weighted by molar-refractivity contribution is 5.97. The lowest BCUT2D eigenvalue weighted by molar-refractivity contribution is -0.133. The van der Waals surface area contributed by atoms with Crippen LogP contribution in [0.5, 0.6) is 11.5 Å². The highest BCUT2D eigenvalue weighted by atomic mass is 16.5. The molecule has 0 unspecified atom stereocenters. The summed E-state index contributed by atoms with van der Waals surface area (Å²) in [6, 6.07) is 11.6. The first kappa shape index (κ1) is 36.4. The van der Waals surface area contributed by atoms with Crippen molar-refractivity contribution in [2.45, 2.75) is 64.1 Å². The van der Waals surface area contributed by atoms with E-state index >= 15 is 0 Å². The fraction of sp³-hybridized carbons (Fsp3) is 0.429. The number of hydrogen-bond donors (Lipinski definition) is 6. The predicted molar refractivity (Wildman–Crippen MR) is 181 cm³/mol. The van der Waals surface area contributed by atoms with Crippen molar-refractivity contribution in [3.05, 3.63) is 77.9 Å². The van der Waals surface area contributed by atoms with Gasteiger partial charge in [0.25, 0.3) is 11.8 Å². The number of aromatic amines is 1. The van der Waals surface area contributed by atoms with Crippen LogP contribution in [0.2, 0.25) is 0 Å². The van der Waals surface area contributed by atoms with Gasteiger partial charge in [-0.15, -0.1) is 0 Å². The first-order chi connectivity index (χ1) is 23.6. The van der Waals surface area contributed by atoms with Crippen molar-refractivity contribution in [1.29, 1.82) is 0 Å². The van der Waals surface area contributed by atoms with Gasteiger partial charge >= 0.3 is 0 Å². The molecule has 2 heterocycles. The third-order valence-electron chi connectivity index (χ3n) is 8.05. The lowest BCUT2D eigenvalue weighted by Gasteiger charge is -2.27. The van der Waals surface area contributed by atoms with Crippen LogP contribution in [0.1, 0.15) is 54.7 Å². The number of benzene rings is 2. The Labute approximate surface area is 285 Å². The van der Waals surface area contributed by atoms with Gasteiger partial charge in [0.1, 0.15) is 23.8 Å². The van der Waals surface area contributed by atoms with Gasteiger partial charge in [0, 0.05) is 19.5 Å². The number of aryl methyl sites for hydroxylation is 1. The molecule has 5 amide bonds. The molecule has 2 aromatic carbocycles. The fourth-order valence-corrected chi connectivity index (χ4v) is 5.34. The molecule has 0 spiro atoms. The average molecular weight is 676 g/mol. The van der Waals surface area contributed by atoms with E-state index in [0.29, 0.717) is 37.3 Å². The Balaban J connectivity index is 1.59. The molecule has 0 aliphatic carbocycles. The number of H-pyrrole nitrogens is 1. The molecule has 1 aromatic heterocycles.